The molecule has 0 saturated heterocycles. The molecule has 0 aromatic heterocycles. The van der Waals surface area contributed by atoms with Crippen molar-refractivity contribution in [2.45, 2.75) is 12.8 Å². The molecule has 4 bridgehead atoms. The Hall–Kier alpha value is -3.97. The molecule has 4 aliphatic carbocycles. The Labute approximate surface area is 212 Å². The third kappa shape index (κ3) is 2.92. The smallest absolute Gasteiger partial charge is 0.170 e. The van der Waals surface area contributed by atoms with Gasteiger partial charge < -0.3 is 0 Å². The van der Waals surface area contributed by atoms with E-state index < -0.39 is 5.41 Å². The Morgan fingerprint density at radius 2 is 1.14 bits per heavy atom. The van der Waals surface area contributed by atoms with Gasteiger partial charge in [0.05, 0.1) is 5.41 Å². The van der Waals surface area contributed by atoms with Gasteiger partial charge >= 0.3 is 0 Å². The maximum Gasteiger partial charge on any atom is 0.170 e. The van der Waals surface area contributed by atoms with Gasteiger partial charge in [-0.1, -0.05) is 133 Å². The molecule has 0 amide bonds. The van der Waals surface area contributed by atoms with E-state index in [9.17, 15) is 4.79 Å². The molecule has 4 aromatic carbocycles. The first kappa shape index (κ1) is 21.3. The molecule has 4 aliphatic rings. The molecule has 8 rings (SSSR count). The first-order chi connectivity index (χ1) is 17.7. The first-order valence-electron chi connectivity index (χ1n) is 12.9. The highest BCUT2D eigenvalue weighted by molar-refractivity contribution is 6.06. The molecule has 4 unspecified atom stereocenters. The van der Waals surface area contributed by atoms with Crippen LogP contribution in [0.1, 0.15) is 38.5 Å². The van der Waals surface area contributed by atoms with Gasteiger partial charge in [-0.3, -0.25) is 4.79 Å². The van der Waals surface area contributed by atoms with Crippen LogP contribution in [-0.4, -0.2) is 5.78 Å². The van der Waals surface area contributed by atoms with Gasteiger partial charge in [-0.25, -0.2) is 0 Å². The van der Waals surface area contributed by atoms with Crippen LogP contribution in [0.25, 0.3) is 5.57 Å². The predicted octanol–water partition coefficient (Wildman–Crippen LogP) is 7.90. The van der Waals surface area contributed by atoms with Gasteiger partial charge in [0, 0.05) is 23.3 Å². The number of hydrogen-bond acceptors (Lipinski definition) is 1. The van der Waals surface area contributed by atoms with Crippen molar-refractivity contribution in [3.05, 3.63) is 161 Å². The second-order valence-corrected chi connectivity index (χ2v) is 10.5. The summed E-state index contributed by atoms with van der Waals surface area (Å²) in [6.45, 7) is 2.13. The molecular weight excluding hydrogens is 436 g/mol. The van der Waals surface area contributed by atoms with Gasteiger partial charge in [0.15, 0.2) is 5.78 Å². The topological polar surface area (TPSA) is 17.1 Å². The summed E-state index contributed by atoms with van der Waals surface area (Å²) in [6.07, 6.45) is 4.74. The van der Waals surface area contributed by atoms with E-state index in [2.05, 4.69) is 104 Å². The first-order valence-corrected chi connectivity index (χ1v) is 12.9. The summed E-state index contributed by atoms with van der Waals surface area (Å²) in [6, 6.07) is 40.4. The van der Waals surface area contributed by atoms with Crippen molar-refractivity contribution in [3.8, 4) is 0 Å². The zero-order valence-corrected chi connectivity index (χ0v) is 20.3. The summed E-state index contributed by atoms with van der Waals surface area (Å²) in [4.78, 5) is 14.4. The summed E-state index contributed by atoms with van der Waals surface area (Å²) < 4.78 is 0. The number of rotatable bonds is 5. The second kappa shape index (κ2) is 8.03. The predicted molar refractivity (Wildman–Crippen MR) is 146 cm³/mol. The average Bonchev–Trinajstić information content (AvgIpc) is 3.56. The molecule has 5 atom stereocenters. The number of hydrogen-bond donors (Lipinski definition) is 0. The quantitative estimate of drug-likeness (QED) is 0.217. The fraction of sp³-hybridized carbons (Fsp3) is 0.171. The molecule has 0 aliphatic heterocycles. The van der Waals surface area contributed by atoms with Crippen molar-refractivity contribution in [1.29, 1.82) is 0 Å². The Bertz CT molecular complexity index is 1450. The van der Waals surface area contributed by atoms with Crippen LogP contribution in [-0.2, 0) is 0 Å². The summed E-state index contributed by atoms with van der Waals surface area (Å²) >= 11 is 0. The van der Waals surface area contributed by atoms with Crippen molar-refractivity contribution in [2.75, 3.05) is 0 Å². The molecule has 2 fully saturated rings. The van der Waals surface area contributed by atoms with Crippen LogP contribution < -0.4 is 0 Å². The van der Waals surface area contributed by atoms with Crippen molar-refractivity contribution < 1.29 is 4.79 Å². The van der Waals surface area contributed by atoms with Gasteiger partial charge in [-0.15, -0.1) is 0 Å². The zero-order chi connectivity index (χ0) is 24.3. The minimum atomic E-state index is -0.416. The zero-order valence-electron chi connectivity index (χ0n) is 20.3. The van der Waals surface area contributed by atoms with Crippen LogP contribution in [0.2, 0.25) is 0 Å². The summed E-state index contributed by atoms with van der Waals surface area (Å²) in [5.74, 6) is 1.10. The number of ketones is 1. The normalized spacial score (nSPS) is 27.1. The highest BCUT2D eigenvalue weighted by Gasteiger charge is 2.80. The van der Waals surface area contributed by atoms with E-state index in [1.807, 2.05) is 30.3 Å². The Morgan fingerprint density at radius 1 is 0.611 bits per heavy atom. The van der Waals surface area contributed by atoms with Gasteiger partial charge in [-0.05, 0) is 40.7 Å². The van der Waals surface area contributed by atoms with Gasteiger partial charge in [0.2, 0.25) is 0 Å². The number of carbonyl (C=O) groups excluding carboxylic acids is 1. The highest BCUT2D eigenvalue weighted by atomic mass is 16.1. The fourth-order valence-corrected chi connectivity index (χ4v) is 7.26. The number of benzene rings is 4. The van der Waals surface area contributed by atoms with Crippen LogP contribution >= 0.6 is 0 Å². The molecule has 0 N–H and O–H groups in total. The Kier molecular flexibility index (Phi) is 4.76. The van der Waals surface area contributed by atoms with Gasteiger partial charge in [0.1, 0.15) is 0 Å². The molecule has 2 saturated carbocycles. The SMILES string of the molecule is Cc1ccc([C@H]2C3C=CC4C(C3=C(c3ccccc3)c3ccccc3)C42C(=O)c2ccccc2)cc1. The van der Waals surface area contributed by atoms with Crippen LogP contribution in [0.5, 0.6) is 0 Å². The third-order valence-corrected chi connectivity index (χ3v) is 8.69. The maximum absolute atomic E-state index is 14.4. The average molecular weight is 465 g/mol. The lowest BCUT2D eigenvalue weighted by molar-refractivity contribution is 0.0859. The standard InChI is InChI=1S/C35H28O/c1-23-17-19-26(20-18-23)32-28-21-22-29-33(35(29,32)34(36)27-15-9-4-10-16-27)31(28)30(24-11-5-2-6-12-24)25-13-7-3-8-14-25/h2-22,28-29,32-33H,1H3/t28?,29?,32-,33?,35?/m0/s1. The van der Waals surface area contributed by atoms with E-state index in [1.165, 1.54) is 33.4 Å². The van der Waals surface area contributed by atoms with E-state index in [0.29, 0.717) is 5.78 Å². The highest BCUT2D eigenvalue weighted by Crippen LogP contribution is 2.82. The molecule has 36 heavy (non-hydrogen) atoms. The molecule has 1 nitrogen and oxygen atoms in total. The molecule has 4 aromatic rings. The maximum atomic E-state index is 14.4. The van der Waals surface area contributed by atoms with Crippen molar-refractivity contribution in [2.24, 2.45) is 23.2 Å². The number of aryl methyl sites for hydroxylation is 1. The molecule has 0 spiro atoms. The van der Waals surface area contributed by atoms with Crippen molar-refractivity contribution in [1.82, 2.24) is 0 Å². The molecule has 0 radical (unpaired) electrons. The van der Waals surface area contributed by atoms with Crippen molar-refractivity contribution >= 4 is 11.4 Å². The minimum Gasteiger partial charge on any atom is -0.293 e. The van der Waals surface area contributed by atoms with E-state index in [4.69, 9.17) is 0 Å². The summed E-state index contributed by atoms with van der Waals surface area (Å²) in [7, 11) is 0. The van der Waals surface area contributed by atoms with Crippen LogP contribution in [0, 0.1) is 30.1 Å². The third-order valence-electron chi connectivity index (χ3n) is 8.69. The Morgan fingerprint density at radius 3 is 1.69 bits per heavy atom. The van der Waals surface area contributed by atoms with Crippen molar-refractivity contribution in [3.63, 3.8) is 0 Å². The van der Waals surface area contributed by atoms with E-state index in [1.54, 1.807) is 0 Å². The van der Waals surface area contributed by atoms with Gasteiger partial charge in [0.25, 0.3) is 0 Å². The Balaban J connectivity index is 1.50. The van der Waals surface area contributed by atoms with Gasteiger partial charge in [-0.2, -0.15) is 0 Å². The molecule has 0 heterocycles. The van der Waals surface area contributed by atoms with Crippen LogP contribution in [0.3, 0.4) is 0 Å². The molecular formula is C35H28O. The minimum absolute atomic E-state index is 0.142. The second-order valence-electron chi connectivity index (χ2n) is 10.5. The number of Topliss-reactive ketones (excluding diaryl/α,β-unsaturated/α-hetero) is 1. The van der Waals surface area contributed by atoms with Crippen LogP contribution in [0.15, 0.2) is 133 Å². The summed E-state index contributed by atoms with van der Waals surface area (Å²) in [5, 5.41) is 0. The van der Waals surface area contributed by atoms with Crippen LogP contribution in [0.4, 0.5) is 0 Å². The lowest BCUT2D eigenvalue weighted by Crippen LogP contribution is -2.30. The molecule has 1 heteroatoms. The lowest BCUT2D eigenvalue weighted by Gasteiger charge is -2.34. The summed E-state index contributed by atoms with van der Waals surface area (Å²) in [5.41, 5.74) is 8.15. The largest absolute Gasteiger partial charge is 0.293 e. The van der Waals surface area contributed by atoms with E-state index in [0.717, 1.165) is 5.56 Å². The lowest BCUT2D eigenvalue weighted by atomic mass is 9.68. The van der Waals surface area contributed by atoms with E-state index in [-0.39, 0.29) is 23.7 Å². The fourth-order valence-electron chi connectivity index (χ4n) is 7.26. The number of allylic oxidation sites excluding steroid dienone is 3. The number of carbonyl (C=O) groups is 1. The monoisotopic (exact) mass is 464 g/mol. The van der Waals surface area contributed by atoms with E-state index >= 15 is 0 Å². The molecule has 174 valence electrons.